The summed E-state index contributed by atoms with van der Waals surface area (Å²) in [6.45, 7) is 4.10. The van der Waals surface area contributed by atoms with E-state index in [-0.39, 0.29) is 34.4 Å². The van der Waals surface area contributed by atoms with Gasteiger partial charge in [0.25, 0.3) is 10.0 Å². The molecule has 0 amide bonds. The van der Waals surface area contributed by atoms with E-state index < -0.39 is 33.3 Å². The molecule has 0 spiro atoms. The van der Waals surface area contributed by atoms with Gasteiger partial charge < -0.3 is 10.2 Å². The molecule has 3 aromatic rings. The number of nitrogens with one attached hydrogen (secondary N) is 2. The van der Waals surface area contributed by atoms with E-state index >= 15 is 0 Å². The molecule has 35 heavy (non-hydrogen) atoms. The Bertz CT molecular complexity index is 1320. The molecule has 1 fully saturated rings. The van der Waals surface area contributed by atoms with Crippen LogP contribution in [0.2, 0.25) is 0 Å². The molecular weight excluding hydrogens is 510 g/mol. The summed E-state index contributed by atoms with van der Waals surface area (Å²) >= 11 is 0. The van der Waals surface area contributed by atoms with Crippen LogP contribution in [0.15, 0.2) is 53.6 Å². The van der Waals surface area contributed by atoms with Gasteiger partial charge in [-0.3, -0.25) is 4.72 Å². The van der Waals surface area contributed by atoms with Crippen LogP contribution in [0.5, 0.6) is 0 Å². The summed E-state index contributed by atoms with van der Waals surface area (Å²) in [6.07, 6.45) is -4.78. The first kappa shape index (κ1) is 26.6. The van der Waals surface area contributed by atoms with Gasteiger partial charge in [-0.05, 0) is 42.8 Å². The van der Waals surface area contributed by atoms with Crippen LogP contribution in [0.25, 0.3) is 11.3 Å². The molecule has 0 bridgehead atoms. The van der Waals surface area contributed by atoms with Crippen LogP contribution in [0, 0.1) is 12.7 Å². The number of sulfonamides is 1. The quantitative estimate of drug-likeness (QED) is 0.479. The molecule has 0 aliphatic carbocycles. The van der Waals surface area contributed by atoms with Crippen LogP contribution in [0.3, 0.4) is 0 Å². The fourth-order valence-electron chi connectivity index (χ4n) is 3.63. The number of alkyl halides is 3. The Balaban J connectivity index is 0.00000342. The monoisotopic (exact) mass is 531 g/mol. The third-order valence-corrected chi connectivity index (χ3v) is 6.64. The van der Waals surface area contributed by atoms with Crippen molar-refractivity contribution < 1.29 is 26.0 Å². The molecule has 0 unspecified atom stereocenters. The number of halogens is 5. The maximum absolute atomic E-state index is 14.0. The molecule has 3 heterocycles. The third-order valence-electron chi connectivity index (χ3n) is 5.39. The Labute approximate surface area is 206 Å². The van der Waals surface area contributed by atoms with Crippen molar-refractivity contribution in [1.82, 2.24) is 15.3 Å². The predicted octanol–water partition coefficient (Wildman–Crippen LogP) is 4.24. The van der Waals surface area contributed by atoms with E-state index in [1.165, 1.54) is 25.1 Å². The van der Waals surface area contributed by atoms with Crippen molar-refractivity contribution in [1.29, 1.82) is 0 Å². The van der Waals surface area contributed by atoms with Crippen molar-refractivity contribution >= 4 is 34.1 Å². The van der Waals surface area contributed by atoms with E-state index in [1.54, 1.807) is 12.1 Å². The van der Waals surface area contributed by atoms with Crippen LogP contribution in [0.1, 0.15) is 11.1 Å². The molecule has 1 aliphatic rings. The molecule has 188 valence electrons. The topological polar surface area (TPSA) is 87.2 Å². The number of pyridine rings is 2. The molecule has 2 aromatic heterocycles. The van der Waals surface area contributed by atoms with Gasteiger partial charge in [-0.15, -0.1) is 12.4 Å². The van der Waals surface area contributed by atoms with E-state index in [1.807, 2.05) is 4.90 Å². The fourth-order valence-corrected chi connectivity index (χ4v) is 4.59. The van der Waals surface area contributed by atoms with Crippen LogP contribution >= 0.6 is 12.4 Å². The van der Waals surface area contributed by atoms with Gasteiger partial charge in [0.2, 0.25) is 0 Å². The van der Waals surface area contributed by atoms with E-state index in [2.05, 4.69) is 20.0 Å². The fraction of sp³-hybridized carbons (Fsp3) is 0.273. The summed E-state index contributed by atoms with van der Waals surface area (Å²) in [5, 5.41) is 2.89. The number of hydrogen-bond acceptors (Lipinski definition) is 6. The highest BCUT2D eigenvalue weighted by molar-refractivity contribution is 7.92. The van der Waals surface area contributed by atoms with E-state index in [9.17, 15) is 26.0 Å². The molecule has 0 atom stereocenters. The van der Waals surface area contributed by atoms with Gasteiger partial charge >= 0.3 is 6.18 Å². The minimum atomic E-state index is -4.78. The van der Waals surface area contributed by atoms with Gasteiger partial charge in [0.1, 0.15) is 17.5 Å². The van der Waals surface area contributed by atoms with E-state index in [4.69, 9.17) is 0 Å². The maximum Gasteiger partial charge on any atom is 0.418 e. The highest BCUT2D eigenvalue weighted by Crippen LogP contribution is 2.38. The van der Waals surface area contributed by atoms with Gasteiger partial charge in [0.15, 0.2) is 5.03 Å². The second-order valence-corrected chi connectivity index (χ2v) is 9.31. The summed E-state index contributed by atoms with van der Waals surface area (Å²) in [5.41, 5.74) is -1.81. The van der Waals surface area contributed by atoms with Crippen molar-refractivity contribution in [2.45, 2.75) is 18.1 Å². The number of rotatable bonds is 5. The summed E-state index contributed by atoms with van der Waals surface area (Å²) < 4.78 is 83.0. The van der Waals surface area contributed by atoms with Crippen LogP contribution in [0.4, 0.5) is 29.2 Å². The Morgan fingerprint density at radius 2 is 1.69 bits per heavy atom. The SMILES string of the molecule is Cc1c(F)cccc1-c1nc(NS(=O)(=O)c2cccc(N3CCNCC3)n2)ccc1C(F)(F)F.Cl. The molecule has 0 saturated carbocycles. The van der Waals surface area contributed by atoms with Gasteiger partial charge in [-0.25, -0.2) is 14.4 Å². The second kappa shape index (κ2) is 10.3. The molecule has 0 radical (unpaired) electrons. The Hall–Kier alpha value is -2.96. The highest BCUT2D eigenvalue weighted by Gasteiger charge is 2.35. The Morgan fingerprint density at radius 1 is 1.00 bits per heavy atom. The Morgan fingerprint density at radius 3 is 2.37 bits per heavy atom. The molecule has 13 heteroatoms. The molecular formula is C22H22ClF4N5O2S. The number of anilines is 2. The lowest BCUT2D eigenvalue weighted by molar-refractivity contribution is -0.137. The number of nitrogens with zero attached hydrogens (tertiary/aromatic N) is 3. The zero-order valence-electron chi connectivity index (χ0n) is 18.4. The van der Waals surface area contributed by atoms with Gasteiger partial charge in [0.05, 0.1) is 11.3 Å². The highest BCUT2D eigenvalue weighted by atomic mass is 35.5. The number of hydrogen-bond donors (Lipinski definition) is 2. The lowest BCUT2D eigenvalue weighted by Gasteiger charge is -2.28. The molecule has 1 aromatic carbocycles. The summed E-state index contributed by atoms with van der Waals surface area (Å²) in [6, 6.07) is 9.83. The van der Waals surface area contributed by atoms with Crippen molar-refractivity contribution in [3.05, 3.63) is 65.5 Å². The van der Waals surface area contributed by atoms with Crippen LogP contribution in [-0.2, 0) is 16.2 Å². The van der Waals surface area contributed by atoms with Crippen molar-refractivity contribution in [3.8, 4) is 11.3 Å². The summed E-state index contributed by atoms with van der Waals surface area (Å²) in [5.74, 6) is -0.575. The first-order chi connectivity index (χ1) is 16.1. The lowest BCUT2D eigenvalue weighted by Crippen LogP contribution is -2.44. The minimum Gasteiger partial charge on any atom is -0.354 e. The summed E-state index contributed by atoms with van der Waals surface area (Å²) in [7, 11) is -4.26. The number of piperazine rings is 1. The average molecular weight is 532 g/mol. The number of aromatic nitrogens is 2. The molecule has 1 aliphatic heterocycles. The maximum atomic E-state index is 14.0. The Kier molecular flexibility index (Phi) is 7.87. The normalized spacial score (nSPS) is 14.4. The van der Waals surface area contributed by atoms with Crippen molar-refractivity contribution in [3.63, 3.8) is 0 Å². The molecule has 4 rings (SSSR count). The molecule has 7 nitrogen and oxygen atoms in total. The average Bonchev–Trinajstić information content (AvgIpc) is 2.80. The molecule has 2 N–H and O–H groups in total. The first-order valence-corrected chi connectivity index (χ1v) is 11.8. The zero-order valence-corrected chi connectivity index (χ0v) is 20.1. The first-order valence-electron chi connectivity index (χ1n) is 10.4. The molecule has 1 saturated heterocycles. The predicted molar refractivity (Wildman–Crippen MR) is 127 cm³/mol. The second-order valence-electron chi connectivity index (χ2n) is 7.68. The van der Waals surface area contributed by atoms with Gasteiger partial charge in [-0.1, -0.05) is 18.2 Å². The zero-order chi connectivity index (χ0) is 24.5. The van der Waals surface area contributed by atoms with Crippen molar-refractivity contribution in [2.24, 2.45) is 0 Å². The van der Waals surface area contributed by atoms with Crippen molar-refractivity contribution in [2.75, 3.05) is 35.8 Å². The standard InChI is InChI=1S/C22H21F4N5O2S.ClH/c1-14-15(4-2-5-17(14)23)21-16(22(24,25)26)8-9-18(28-21)30-34(32,33)20-7-3-6-19(29-20)31-12-10-27-11-13-31;/h2-9,27H,10-13H2,1H3,(H,28,30);1H. The number of benzene rings is 1. The largest absolute Gasteiger partial charge is 0.418 e. The van der Waals surface area contributed by atoms with E-state index in [0.29, 0.717) is 18.9 Å². The van der Waals surface area contributed by atoms with Crippen LogP contribution in [-0.4, -0.2) is 44.6 Å². The van der Waals surface area contributed by atoms with Crippen LogP contribution < -0.4 is 14.9 Å². The van der Waals surface area contributed by atoms with E-state index in [0.717, 1.165) is 31.3 Å². The van der Waals surface area contributed by atoms with Gasteiger partial charge in [0, 0.05) is 31.7 Å². The summed E-state index contributed by atoms with van der Waals surface area (Å²) in [4.78, 5) is 10.1. The smallest absolute Gasteiger partial charge is 0.354 e. The minimum absolute atomic E-state index is 0. The van der Waals surface area contributed by atoms with Gasteiger partial charge in [-0.2, -0.15) is 21.6 Å². The lowest BCUT2D eigenvalue weighted by atomic mass is 10.0. The third kappa shape index (κ3) is 5.82.